The second kappa shape index (κ2) is 9.30. The Bertz CT molecular complexity index is 1090. The topological polar surface area (TPSA) is 51.2 Å². The Hall–Kier alpha value is -2.90. The second-order valence-electron chi connectivity index (χ2n) is 8.76. The van der Waals surface area contributed by atoms with Gasteiger partial charge in [-0.15, -0.1) is 0 Å². The van der Waals surface area contributed by atoms with Gasteiger partial charge in [-0.2, -0.15) is 0 Å². The third-order valence-corrected chi connectivity index (χ3v) is 6.76. The van der Waals surface area contributed by atoms with Crippen molar-refractivity contribution < 1.29 is 14.2 Å². The summed E-state index contributed by atoms with van der Waals surface area (Å²) in [5, 5.41) is 0. The summed E-state index contributed by atoms with van der Waals surface area (Å²) in [6.45, 7) is 11.5. The van der Waals surface area contributed by atoms with E-state index in [-0.39, 0.29) is 26.2 Å². The summed E-state index contributed by atoms with van der Waals surface area (Å²) in [6, 6.07) is 16.9. The van der Waals surface area contributed by atoms with E-state index in [1.807, 2.05) is 84.0 Å². The normalized spacial score (nSPS) is 11.6. The molecule has 3 rings (SSSR count). The molecule has 3 nitrogen and oxygen atoms in total. The number of rotatable bonds is 7. The summed E-state index contributed by atoms with van der Waals surface area (Å²) >= 11 is 0. The Kier molecular flexibility index (Phi) is 6.91. The molecule has 0 aliphatic carbocycles. The number of carbonyl (C=O) groups is 2. The first-order valence-electron chi connectivity index (χ1n) is 10.7. The van der Waals surface area contributed by atoms with E-state index in [0.29, 0.717) is 16.7 Å². The molecule has 0 unspecified atom stereocenters. The van der Waals surface area contributed by atoms with Crippen LogP contribution in [0.3, 0.4) is 0 Å². The largest absolute Gasteiger partial charge is 0.293 e. The molecule has 0 heterocycles. The smallest absolute Gasteiger partial charge is 0.182 e. The van der Waals surface area contributed by atoms with Crippen LogP contribution in [-0.2, 0) is 9.98 Å². The Labute approximate surface area is 192 Å². The molecule has 32 heavy (non-hydrogen) atoms. The lowest BCUT2D eigenvalue weighted by molar-refractivity contribution is 0.0780. The van der Waals surface area contributed by atoms with Crippen molar-refractivity contribution in [2.45, 2.75) is 47.0 Å². The second-order valence-corrected chi connectivity index (χ2v) is 9.34. The fourth-order valence-corrected chi connectivity index (χ4v) is 5.59. The number of carbonyl (C=O) groups excluding carboxylic acids is 2. The highest BCUT2D eigenvalue weighted by Crippen LogP contribution is 2.39. The number of hydrogen-bond donors (Lipinski definition) is 0. The fourth-order valence-electron chi connectivity index (χ4n) is 4.92. The van der Waals surface area contributed by atoms with Crippen LogP contribution in [0.25, 0.3) is 0 Å². The van der Waals surface area contributed by atoms with Gasteiger partial charge in [-0.25, -0.2) is 0 Å². The standard InChI is InChI=1S/C28H29O3P/c1-17-12-19(3)24(20(4)13-17)26(29)28(16-32-31,23-10-8-7-9-11-23)27(30)25-21(5)14-18(2)15-22(25)6/h7-15H,16H2,1-6H3. The Balaban J connectivity index is 2.39. The molecule has 0 atom stereocenters. The lowest BCUT2D eigenvalue weighted by Crippen LogP contribution is -2.47. The molecule has 3 aromatic rings. The van der Waals surface area contributed by atoms with Gasteiger partial charge in [0.1, 0.15) is 5.41 Å². The average molecular weight is 445 g/mol. The minimum Gasteiger partial charge on any atom is -0.293 e. The van der Waals surface area contributed by atoms with Crippen molar-refractivity contribution in [1.29, 1.82) is 0 Å². The van der Waals surface area contributed by atoms with Crippen LogP contribution < -0.4 is 0 Å². The number of aryl methyl sites for hydroxylation is 6. The predicted octanol–water partition coefficient (Wildman–Crippen LogP) is 6.83. The summed E-state index contributed by atoms with van der Waals surface area (Å²) in [5.74, 6) is -0.599. The Morgan fingerprint density at radius 1 is 0.688 bits per heavy atom. The molecular weight excluding hydrogens is 415 g/mol. The zero-order valence-electron chi connectivity index (χ0n) is 19.6. The van der Waals surface area contributed by atoms with E-state index in [0.717, 1.165) is 33.4 Å². The van der Waals surface area contributed by atoms with Crippen molar-refractivity contribution in [1.82, 2.24) is 0 Å². The van der Waals surface area contributed by atoms with Crippen molar-refractivity contribution in [2.24, 2.45) is 0 Å². The minimum absolute atomic E-state index is 0.117. The van der Waals surface area contributed by atoms with E-state index in [4.69, 9.17) is 0 Å². The van der Waals surface area contributed by atoms with Crippen LogP contribution in [0.1, 0.15) is 59.7 Å². The predicted molar refractivity (Wildman–Crippen MR) is 131 cm³/mol. The molecule has 0 radical (unpaired) electrons. The van der Waals surface area contributed by atoms with Gasteiger partial charge in [0.15, 0.2) is 20.0 Å². The minimum atomic E-state index is -1.58. The number of hydrogen-bond acceptors (Lipinski definition) is 3. The van der Waals surface area contributed by atoms with Gasteiger partial charge >= 0.3 is 0 Å². The van der Waals surface area contributed by atoms with E-state index < -0.39 is 5.41 Å². The molecule has 0 bridgehead atoms. The van der Waals surface area contributed by atoms with Crippen LogP contribution in [0.5, 0.6) is 0 Å². The third kappa shape index (κ3) is 4.10. The molecule has 164 valence electrons. The van der Waals surface area contributed by atoms with Gasteiger partial charge in [0.25, 0.3) is 0 Å². The summed E-state index contributed by atoms with van der Waals surface area (Å²) in [6.07, 6.45) is -0.117. The van der Waals surface area contributed by atoms with E-state index >= 15 is 0 Å². The molecule has 0 saturated carbocycles. The summed E-state index contributed by atoms with van der Waals surface area (Å²) in [7, 11) is -0.256. The van der Waals surface area contributed by atoms with E-state index in [1.165, 1.54) is 0 Å². The summed E-state index contributed by atoms with van der Waals surface area (Å²) in [4.78, 5) is 28.7. The quantitative estimate of drug-likeness (QED) is 0.228. The lowest BCUT2D eigenvalue weighted by Gasteiger charge is -2.32. The first-order chi connectivity index (χ1) is 15.1. The highest BCUT2D eigenvalue weighted by Gasteiger charge is 2.49. The monoisotopic (exact) mass is 444 g/mol. The summed E-state index contributed by atoms with van der Waals surface area (Å²) < 4.78 is 12.1. The van der Waals surface area contributed by atoms with Gasteiger partial charge in [-0.1, -0.05) is 65.7 Å². The molecule has 3 aromatic carbocycles. The highest BCUT2D eigenvalue weighted by atomic mass is 31.1. The average Bonchev–Trinajstić information content (AvgIpc) is 2.71. The van der Waals surface area contributed by atoms with E-state index in [1.54, 1.807) is 12.1 Å². The van der Waals surface area contributed by atoms with Gasteiger partial charge in [0, 0.05) is 11.1 Å². The maximum atomic E-state index is 14.4. The van der Waals surface area contributed by atoms with Crippen LogP contribution in [-0.4, -0.2) is 17.7 Å². The molecule has 0 aliphatic heterocycles. The first-order valence-corrected chi connectivity index (χ1v) is 11.7. The zero-order valence-corrected chi connectivity index (χ0v) is 20.5. The third-order valence-electron chi connectivity index (χ3n) is 6.15. The van der Waals surface area contributed by atoms with Gasteiger partial charge in [0.2, 0.25) is 0 Å². The molecular formula is C28H29O3P. The van der Waals surface area contributed by atoms with Crippen LogP contribution in [0.4, 0.5) is 0 Å². The van der Waals surface area contributed by atoms with Crippen molar-refractivity contribution in [3.8, 4) is 0 Å². The van der Waals surface area contributed by atoms with Gasteiger partial charge in [-0.05, 0) is 69.4 Å². The number of Topliss-reactive ketones (excluding diaryl/α,β-unsaturated/α-hetero) is 2. The SMILES string of the molecule is Cc1cc(C)c(C(=O)C(CP=O)(C(=O)c2c(C)cc(C)cc2C)c2ccccc2)c(C)c1. The fraction of sp³-hybridized carbons (Fsp3) is 0.286. The molecule has 0 spiro atoms. The first kappa shape index (κ1) is 23.8. The van der Waals surface area contributed by atoms with E-state index in [9.17, 15) is 14.2 Å². The Morgan fingerprint density at radius 3 is 1.41 bits per heavy atom. The lowest BCUT2D eigenvalue weighted by atomic mass is 9.68. The Morgan fingerprint density at radius 2 is 1.06 bits per heavy atom. The van der Waals surface area contributed by atoms with Crippen LogP contribution in [0, 0.1) is 41.5 Å². The van der Waals surface area contributed by atoms with Crippen LogP contribution in [0.15, 0.2) is 54.6 Å². The molecule has 0 fully saturated rings. The van der Waals surface area contributed by atoms with Crippen molar-refractivity contribution in [2.75, 3.05) is 6.16 Å². The molecule has 4 heteroatoms. The maximum Gasteiger partial charge on any atom is 0.182 e. The van der Waals surface area contributed by atoms with Crippen LogP contribution >= 0.6 is 8.46 Å². The van der Waals surface area contributed by atoms with Gasteiger partial charge in [-0.3, -0.25) is 14.2 Å². The molecule has 0 N–H and O–H groups in total. The van der Waals surface area contributed by atoms with Crippen LogP contribution in [0.2, 0.25) is 0 Å². The molecule has 0 saturated heterocycles. The maximum absolute atomic E-state index is 14.4. The van der Waals surface area contributed by atoms with Crippen molar-refractivity contribution >= 4 is 20.0 Å². The molecule has 0 aliphatic rings. The highest BCUT2D eigenvalue weighted by molar-refractivity contribution is 7.24. The van der Waals surface area contributed by atoms with E-state index in [2.05, 4.69) is 0 Å². The van der Waals surface area contributed by atoms with Crippen molar-refractivity contribution in [3.63, 3.8) is 0 Å². The molecule has 0 aromatic heterocycles. The number of ketones is 2. The summed E-state index contributed by atoms with van der Waals surface area (Å²) in [5.41, 5.74) is 5.43. The van der Waals surface area contributed by atoms with Gasteiger partial charge in [0.05, 0.1) is 6.16 Å². The van der Waals surface area contributed by atoms with Crippen molar-refractivity contribution in [3.05, 3.63) is 105 Å². The van der Waals surface area contributed by atoms with Gasteiger partial charge < -0.3 is 0 Å². The molecule has 0 amide bonds. The number of benzene rings is 3. The zero-order chi connectivity index (χ0) is 23.6.